The van der Waals surface area contributed by atoms with Crippen LogP contribution in [0.1, 0.15) is 33.6 Å². The second kappa shape index (κ2) is 6.37. The van der Waals surface area contributed by atoms with Crippen molar-refractivity contribution in [3.05, 3.63) is 0 Å². The molecule has 0 aliphatic rings. The maximum atomic E-state index is 11.8. The third-order valence-corrected chi connectivity index (χ3v) is 4.16. The van der Waals surface area contributed by atoms with Crippen LogP contribution in [0.5, 0.6) is 0 Å². The molecule has 0 saturated carbocycles. The van der Waals surface area contributed by atoms with Crippen molar-refractivity contribution in [1.82, 2.24) is 4.31 Å². The van der Waals surface area contributed by atoms with Crippen molar-refractivity contribution in [3.8, 4) is 0 Å². The van der Waals surface area contributed by atoms with Crippen molar-refractivity contribution < 1.29 is 8.42 Å². The average molecular weight is 222 g/mol. The zero-order valence-corrected chi connectivity index (χ0v) is 10.2. The summed E-state index contributed by atoms with van der Waals surface area (Å²) in [4.78, 5) is 0. The number of sulfonamides is 1. The van der Waals surface area contributed by atoms with Gasteiger partial charge >= 0.3 is 0 Å². The number of rotatable bonds is 7. The normalized spacial score (nSPS) is 12.7. The fraction of sp³-hybridized carbons (Fsp3) is 1.00. The number of hydrogen-bond acceptors (Lipinski definition) is 3. The zero-order chi connectivity index (χ0) is 11.2. The molecule has 0 saturated heterocycles. The summed E-state index contributed by atoms with van der Waals surface area (Å²) >= 11 is 0. The standard InChI is InChI=1S/C9H22N2O2S/c1-4-5-8-14(12,13)11(7-6-10)9(2)3/h9H,4-8,10H2,1-3H3. The smallest absolute Gasteiger partial charge is 0.214 e. The lowest BCUT2D eigenvalue weighted by atomic mass is 10.4. The van der Waals surface area contributed by atoms with E-state index in [1.165, 1.54) is 4.31 Å². The highest BCUT2D eigenvalue weighted by Crippen LogP contribution is 2.08. The molecule has 0 amide bonds. The molecular weight excluding hydrogens is 200 g/mol. The molecule has 0 aromatic carbocycles. The van der Waals surface area contributed by atoms with Crippen LogP contribution in [0.25, 0.3) is 0 Å². The van der Waals surface area contributed by atoms with Crippen LogP contribution < -0.4 is 5.73 Å². The van der Waals surface area contributed by atoms with E-state index < -0.39 is 10.0 Å². The summed E-state index contributed by atoms with van der Waals surface area (Å²) in [6.45, 7) is 6.53. The fourth-order valence-electron chi connectivity index (χ4n) is 1.29. The van der Waals surface area contributed by atoms with E-state index in [9.17, 15) is 8.42 Å². The summed E-state index contributed by atoms with van der Waals surface area (Å²) in [5.41, 5.74) is 5.39. The zero-order valence-electron chi connectivity index (χ0n) is 9.36. The fourth-order valence-corrected chi connectivity index (χ4v) is 3.20. The van der Waals surface area contributed by atoms with Gasteiger partial charge in [-0.1, -0.05) is 13.3 Å². The van der Waals surface area contributed by atoms with Gasteiger partial charge in [0.1, 0.15) is 0 Å². The van der Waals surface area contributed by atoms with E-state index in [1.807, 2.05) is 20.8 Å². The largest absolute Gasteiger partial charge is 0.329 e. The van der Waals surface area contributed by atoms with Gasteiger partial charge in [-0.15, -0.1) is 0 Å². The van der Waals surface area contributed by atoms with Crippen molar-refractivity contribution in [2.24, 2.45) is 5.73 Å². The lowest BCUT2D eigenvalue weighted by Gasteiger charge is -2.25. The number of hydrogen-bond donors (Lipinski definition) is 1. The van der Waals surface area contributed by atoms with Crippen molar-refractivity contribution >= 4 is 10.0 Å². The molecule has 0 bridgehead atoms. The summed E-state index contributed by atoms with van der Waals surface area (Å²) in [6, 6.07) is 0.000376. The van der Waals surface area contributed by atoms with Crippen LogP contribution in [-0.2, 0) is 10.0 Å². The van der Waals surface area contributed by atoms with Gasteiger partial charge in [-0.25, -0.2) is 8.42 Å². The Balaban J connectivity index is 4.46. The first-order chi connectivity index (χ1) is 6.45. The summed E-state index contributed by atoms with van der Waals surface area (Å²) in [6.07, 6.45) is 1.61. The molecule has 0 aliphatic heterocycles. The molecule has 86 valence electrons. The first-order valence-corrected chi connectivity index (χ1v) is 6.76. The molecule has 0 heterocycles. The first kappa shape index (κ1) is 13.9. The van der Waals surface area contributed by atoms with Crippen LogP contribution in [0.2, 0.25) is 0 Å². The minimum absolute atomic E-state index is 0.000376. The molecule has 5 heteroatoms. The Morgan fingerprint density at radius 1 is 1.36 bits per heavy atom. The van der Waals surface area contributed by atoms with Crippen LogP contribution in [0.3, 0.4) is 0 Å². The minimum Gasteiger partial charge on any atom is -0.329 e. The van der Waals surface area contributed by atoms with Gasteiger partial charge in [0.2, 0.25) is 10.0 Å². The quantitative estimate of drug-likeness (QED) is 0.692. The molecular formula is C9H22N2O2S. The van der Waals surface area contributed by atoms with Gasteiger partial charge in [-0.05, 0) is 20.3 Å². The van der Waals surface area contributed by atoms with Gasteiger partial charge < -0.3 is 5.73 Å². The molecule has 0 spiro atoms. The van der Waals surface area contributed by atoms with Gasteiger partial charge in [0.05, 0.1) is 5.75 Å². The Kier molecular flexibility index (Phi) is 6.31. The molecule has 14 heavy (non-hydrogen) atoms. The number of nitrogens with two attached hydrogens (primary N) is 1. The molecule has 0 fully saturated rings. The highest BCUT2D eigenvalue weighted by Gasteiger charge is 2.22. The van der Waals surface area contributed by atoms with Crippen LogP contribution in [0.15, 0.2) is 0 Å². The molecule has 2 N–H and O–H groups in total. The Bertz CT molecular complexity index is 237. The molecule has 0 radical (unpaired) electrons. The first-order valence-electron chi connectivity index (χ1n) is 5.15. The summed E-state index contributed by atoms with van der Waals surface area (Å²) in [5, 5.41) is 0. The molecule has 4 nitrogen and oxygen atoms in total. The molecule has 0 unspecified atom stereocenters. The van der Waals surface area contributed by atoms with Crippen molar-refractivity contribution in [2.45, 2.75) is 39.7 Å². The van der Waals surface area contributed by atoms with E-state index in [0.717, 1.165) is 12.8 Å². The molecule has 0 aliphatic carbocycles. The molecule has 0 aromatic rings. The third kappa shape index (κ3) is 4.39. The maximum absolute atomic E-state index is 11.8. The summed E-state index contributed by atoms with van der Waals surface area (Å²) < 4.78 is 25.1. The minimum atomic E-state index is -3.09. The summed E-state index contributed by atoms with van der Waals surface area (Å²) in [5.74, 6) is 0.238. The topological polar surface area (TPSA) is 63.4 Å². The van der Waals surface area contributed by atoms with Gasteiger partial charge in [0.15, 0.2) is 0 Å². The summed E-state index contributed by atoms with van der Waals surface area (Å²) in [7, 11) is -3.09. The third-order valence-electron chi connectivity index (χ3n) is 2.04. The van der Waals surface area contributed by atoms with E-state index in [-0.39, 0.29) is 11.8 Å². The number of unbranched alkanes of at least 4 members (excludes halogenated alkanes) is 1. The van der Waals surface area contributed by atoms with Crippen molar-refractivity contribution in [1.29, 1.82) is 0 Å². The Morgan fingerprint density at radius 3 is 2.29 bits per heavy atom. The second-order valence-electron chi connectivity index (χ2n) is 3.66. The van der Waals surface area contributed by atoms with Crippen LogP contribution in [-0.4, -0.2) is 37.6 Å². The van der Waals surface area contributed by atoms with E-state index in [0.29, 0.717) is 13.1 Å². The highest BCUT2D eigenvalue weighted by molar-refractivity contribution is 7.89. The SMILES string of the molecule is CCCCS(=O)(=O)N(CCN)C(C)C. The van der Waals surface area contributed by atoms with E-state index in [2.05, 4.69) is 0 Å². The number of nitrogens with zero attached hydrogens (tertiary/aromatic N) is 1. The predicted octanol–water partition coefficient (Wildman–Crippen LogP) is 0.785. The van der Waals surface area contributed by atoms with Crippen LogP contribution in [0.4, 0.5) is 0 Å². The van der Waals surface area contributed by atoms with E-state index in [4.69, 9.17) is 5.73 Å². The highest BCUT2D eigenvalue weighted by atomic mass is 32.2. The lowest BCUT2D eigenvalue weighted by Crippen LogP contribution is -2.41. The molecule has 0 rings (SSSR count). The lowest BCUT2D eigenvalue weighted by molar-refractivity contribution is 0.360. The van der Waals surface area contributed by atoms with Crippen LogP contribution in [0, 0.1) is 0 Å². The Labute approximate surface area is 87.5 Å². The molecule has 0 aromatic heterocycles. The Morgan fingerprint density at radius 2 is 1.93 bits per heavy atom. The predicted molar refractivity (Wildman–Crippen MR) is 59.6 cm³/mol. The van der Waals surface area contributed by atoms with Crippen LogP contribution >= 0.6 is 0 Å². The monoisotopic (exact) mass is 222 g/mol. The van der Waals surface area contributed by atoms with Gasteiger partial charge in [0, 0.05) is 19.1 Å². The average Bonchev–Trinajstić information content (AvgIpc) is 2.10. The second-order valence-corrected chi connectivity index (χ2v) is 5.70. The van der Waals surface area contributed by atoms with Gasteiger partial charge in [-0.3, -0.25) is 0 Å². The van der Waals surface area contributed by atoms with E-state index in [1.54, 1.807) is 0 Å². The molecule has 0 atom stereocenters. The van der Waals surface area contributed by atoms with Crippen molar-refractivity contribution in [2.75, 3.05) is 18.8 Å². The van der Waals surface area contributed by atoms with Crippen molar-refractivity contribution in [3.63, 3.8) is 0 Å². The maximum Gasteiger partial charge on any atom is 0.214 e. The van der Waals surface area contributed by atoms with Gasteiger partial charge in [-0.2, -0.15) is 4.31 Å². The van der Waals surface area contributed by atoms with Gasteiger partial charge in [0.25, 0.3) is 0 Å². The Hall–Kier alpha value is -0.130. The van der Waals surface area contributed by atoms with E-state index >= 15 is 0 Å².